The Kier molecular flexibility index (Phi) is 3.39. The molecule has 19 heavy (non-hydrogen) atoms. The second-order valence-electron chi connectivity index (χ2n) is 5.15. The van der Waals surface area contributed by atoms with Crippen LogP contribution < -0.4 is 14.8 Å². The number of rotatable bonds is 4. The third-order valence-corrected chi connectivity index (χ3v) is 4.86. The summed E-state index contributed by atoms with van der Waals surface area (Å²) in [7, 11) is 0. The number of hydrogen-bond acceptors (Lipinski definition) is 3. The summed E-state index contributed by atoms with van der Waals surface area (Å²) in [6.07, 6.45) is 2.34. The van der Waals surface area contributed by atoms with Crippen molar-refractivity contribution < 1.29 is 14.3 Å². The van der Waals surface area contributed by atoms with Gasteiger partial charge in [0.1, 0.15) is 13.2 Å². The molecular weight excluding hydrogens is 310 g/mol. The van der Waals surface area contributed by atoms with Crippen LogP contribution in [0.1, 0.15) is 23.2 Å². The smallest absolute Gasteiger partial charge is 0.255 e. The molecule has 1 aromatic rings. The number of carbonyl (C=O) groups excluding carboxylic acids is 1. The lowest BCUT2D eigenvalue weighted by molar-refractivity contribution is 0.0935. The van der Waals surface area contributed by atoms with E-state index in [1.165, 1.54) is 12.8 Å². The Morgan fingerprint density at radius 3 is 2.84 bits per heavy atom. The number of benzene rings is 1. The van der Waals surface area contributed by atoms with Gasteiger partial charge >= 0.3 is 0 Å². The minimum atomic E-state index is -0.0884. The maximum atomic E-state index is 12.2. The average molecular weight is 326 g/mol. The molecule has 0 bridgehead atoms. The molecule has 5 heteroatoms. The highest BCUT2D eigenvalue weighted by atomic mass is 79.9. The van der Waals surface area contributed by atoms with Crippen molar-refractivity contribution >= 4 is 21.8 Å². The first-order valence-corrected chi connectivity index (χ1v) is 7.59. The van der Waals surface area contributed by atoms with E-state index in [-0.39, 0.29) is 11.3 Å². The Balaban J connectivity index is 1.73. The molecule has 102 valence electrons. The number of hydrogen-bond donors (Lipinski definition) is 1. The van der Waals surface area contributed by atoms with E-state index in [1.54, 1.807) is 6.07 Å². The first-order valence-electron chi connectivity index (χ1n) is 6.47. The first kappa shape index (κ1) is 12.8. The number of fused-ring (bicyclic) bond motifs is 1. The molecule has 1 N–H and O–H groups in total. The van der Waals surface area contributed by atoms with Crippen molar-refractivity contribution in [1.82, 2.24) is 5.32 Å². The lowest BCUT2D eigenvalue weighted by Crippen LogP contribution is -2.31. The molecule has 1 aliphatic carbocycles. The summed E-state index contributed by atoms with van der Waals surface area (Å²) < 4.78 is 11.0. The highest BCUT2D eigenvalue weighted by molar-refractivity contribution is 9.09. The molecule has 0 atom stereocenters. The third-order valence-electron chi connectivity index (χ3n) is 3.68. The van der Waals surface area contributed by atoms with E-state index in [9.17, 15) is 4.79 Å². The molecule has 2 aliphatic rings. The van der Waals surface area contributed by atoms with Gasteiger partial charge in [0.25, 0.3) is 5.91 Å². The van der Waals surface area contributed by atoms with Crippen molar-refractivity contribution in [3.63, 3.8) is 0 Å². The summed E-state index contributed by atoms with van der Waals surface area (Å²) in [6, 6.07) is 5.42. The van der Waals surface area contributed by atoms with Crippen LogP contribution in [0.25, 0.3) is 0 Å². The van der Waals surface area contributed by atoms with Crippen molar-refractivity contribution in [2.24, 2.45) is 5.41 Å². The molecule has 1 saturated carbocycles. The number of carbonyl (C=O) groups is 1. The van der Waals surface area contributed by atoms with Crippen LogP contribution in [-0.4, -0.2) is 31.0 Å². The second-order valence-corrected chi connectivity index (χ2v) is 5.71. The molecule has 1 heterocycles. The number of nitrogens with one attached hydrogen (secondary N) is 1. The van der Waals surface area contributed by atoms with Gasteiger partial charge in [0.15, 0.2) is 11.5 Å². The number of amides is 1. The quantitative estimate of drug-likeness (QED) is 0.864. The average Bonchev–Trinajstić information content (AvgIpc) is 3.25. The zero-order valence-corrected chi connectivity index (χ0v) is 12.2. The van der Waals surface area contributed by atoms with Gasteiger partial charge in [-0.25, -0.2) is 0 Å². The minimum absolute atomic E-state index is 0.0884. The molecule has 1 aromatic carbocycles. The van der Waals surface area contributed by atoms with Gasteiger partial charge in [-0.05, 0) is 30.4 Å². The van der Waals surface area contributed by atoms with Gasteiger partial charge in [-0.2, -0.15) is 0 Å². The summed E-state index contributed by atoms with van der Waals surface area (Å²) in [6.45, 7) is 1.73. The van der Waals surface area contributed by atoms with Gasteiger partial charge < -0.3 is 14.8 Å². The summed E-state index contributed by atoms with van der Waals surface area (Å²) in [5.74, 6) is 1.13. The van der Waals surface area contributed by atoms with E-state index >= 15 is 0 Å². The molecule has 1 aliphatic heterocycles. The fraction of sp³-hybridized carbons (Fsp3) is 0.500. The van der Waals surface area contributed by atoms with Gasteiger partial charge in [0.2, 0.25) is 0 Å². The van der Waals surface area contributed by atoms with E-state index in [1.807, 2.05) is 12.1 Å². The SMILES string of the molecule is O=C(NCC1(CBr)CC1)c1cccc2c1OCCO2. The van der Waals surface area contributed by atoms with E-state index in [0.29, 0.717) is 36.8 Å². The fourth-order valence-corrected chi connectivity index (χ4v) is 2.91. The second kappa shape index (κ2) is 5.04. The molecule has 0 aromatic heterocycles. The van der Waals surface area contributed by atoms with E-state index in [2.05, 4.69) is 21.2 Å². The lowest BCUT2D eigenvalue weighted by atomic mass is 10.1. The molecular formula is C14H16BrNO3. The normalized spacial score (nSPS) is 18.8. The fourth-order valence-electron chi connectivity index (χ4n) is 2.15. The highest BCUT2D eigenvalue weighted by Crippen LogP contribution is 2.46. The summed E-state index contributed by atoms with van der Waals surface area (Å²) in [4.78, 5) is 12.2. The van der Waals surface area contributed by atoms with Crippen LogP contribution in [0.3, 0.4) is 0 Å². The van der Waals surface area contributed by atoms with Gasteiger partial charge in [0, 0.05) is 11.9 Å². The van der Waals surface area contributed by atoms with Crippen LogP contribution >= 0.6 is 15.9 Å². The number of halogens is 1. The first-order chi connectivity index (χ1) is 9.24. The van der Waals surface area contributed by atoms with Crippen molar-refractivity contribution in [1.29, 1.82) is 0 Å². The Labute approximate surface area is 120 Å². The monoisotopic (exact) mass is 325 g/mol. The van der Waals surface area contributed by atoms with Gasteiger partial charge in [0.05, 0.1) is 5.56 Å². The van der Waals surface area contributed by atoms with Crippen LogP contribution in [0.15, 0.2) is 18.2 Å². The van der Waals surface area contributed by atoms with Crippen LogP contribution in [0.2, 0.25) is 0 Å². The van der Waals surface area contributed by atoms with Crippen molar-refractivity contribution in [3.8, 4) is 11.5 Å². The number of ether oxygens (including phenoxy) is 2. The molecule has 0 saturated heterocycles. The zero-order valence-electron chi connectivity index (χ0n) is 10.6. The topological polar surface area (TPSA) is 47.6 Å². The minimum Gasteiger partial charge on any atom is -0.486 e. The van der Waals surface area contributed by atoms with Crippen LogP contribution in [-0.2, 0) is 0 Å². The molecule has 4 nitrogen and oxygen atoms in total. The maximum Gasteiger partial charge on any atom is 0.255 e. The third kappa shape index (κ3) is 2.56. The number of para-hydroxylation sites is 1. The Bertz CT molecular complexity index is 499. The zero-order chi connectivity index (χ0) is 13.3. The predicted molar refractivity (Wildman–Crippen MR) is 75.2 cm³/mol. The van der Waals surface area contributed by atoms with Crippen LogP contribution in [0, 0.1) is 5.41 Å². The van der Waals surface area contributed by atoms with Crippen molar-refractivity contribution in [2.75, 3.05) is 25.1 Å². The molecule has 3 rings (SSSR count). The Morgan fingerprint density at radius 2 is 2.11 bits per heavy atom. The molecule has 1 fully saturated rings. The van der Waals surface area contributed by atoms with Crippen molar-refractivity contribution in [3.05, 3.63) is 23.8 Å². The number of alkyl halides is 1. The van der Waals surface area contributed by atoms with Crippen molar-refractivity contribution in [2.45, 2.75) is 12.8 Å². The van der Waals surface area contributed by atoms with Gasteiger partial charge in [-0.3, -0.25) is 4.79 Å². The van der Waals surface area contributed by atoms with E-state index in [4.69, 9.17) is 9.47 Å². The van der Waals surface area contributed by atoms with E-state index < -0.39 is 0 Å². The van der Waals surface area contributed by atoms with Crippen LogP contribution in [0.4, 0.5) is 0 Å². The lowest BCUT2D eigenvalue weighted by Gasteiger charge is -2.21. The van der Waals surface area contributed by atoms with Crippen LogP contribution in [0.5, 0.6) is 11.5 Å². The Hall–Kier alpha value is -1.23. The van der Waals surface area contributed by atoms with Gasteiger partial charge in [-0.15, -0.1) is 0 Å². The predicted octanol–water partition coefficient (Wildman–Crippen LogP) is 2.36. The molecule has 1 amide bonds. The largest absolute Gasteiger partial charge is 0.486 e. The molecule has 0 unspecified atom stereocenters. The summed E-state index contributed by atoms with van der Waals surface area (Å²) in [5, 5.41) is 3.94. The Morgan fingerprint density at radius 1 is 1.32 bits per heavy atom. The molecule has 0 spiro atoms. The highest BCUT2D eigenvalue weighted by Gasteiger charge is 2.41. The van der Waals surface area contributed by atoms with E-state index in [0.717, 1.165) is 5.33 Å². The standard InChI is InChI=1S/C14H16BrNO3/c15-8-14(4-5-14)9-16-13(17)10-2-1-3-11-12(10)19-7-6-18-11/h1-3H,4-9H2,(H,16,17). The maximum absolute atomic E-state index is 12.2. The molecule has 0 radical (unpaired) electrons. The van der Waals surface area contributed by atoms with Gasteiger partial charge in [-0.1, -0.05) is 22.0 Å². The summed E-state index contributed by atoms with van der Waals surface area (Å²) in [5.41, 5.74) is 0.824. The summed E-state index contributed by atoms with van der Waals surface area (Å²) >= 11 is 3.50.